The summed E-state index contributed by atoms with van der Waals surface area (Å²) in [5.74, 6) is 0.501. The van der Waals surface area contributed by atoms with Crippen molar-refractivity contribution in [2.75, 3.05) is 7.05 Å². The summed E-state index contributed by atoms with van der Waals surface area (Å²) < 4.78 is 18.8. The zero-order valence-corrected chi connectivity index (χ0v) is 10.1. The molecule has 0 radical (unpaired) electrons. The number of benzene rings is 1. The molecule has 0 saturated carbocycles. The van der Waals surface area contributed by atoms with Crippen LogP contribution in [0.15, 0.2) is 27.2 Å². The summed E-state index contributed by atoms with van der Waals surface area (Å²) in [5.41, 5.74) is 0.557. The maximum atomic E-state index is 13.1. The maximum absolute atomic E-state index is 13.1. The van der Waals surface area contributed by atoms with Crippen LogP contribution >= 0.6 is 15.9 Å². The normalized spacial score (nSPS) is 10.7. The molecule has 0 unspecified atom stereocenters. The summed E-state index contributed by atoms with van der Waals surface area (Å²) in [4.78, 5) is 4.12. The lowest BCUT2D eigenvalue weighted by atomic mass is 10.2. The maximum Gasteiger partial charge on any atom is 0.258 e. The fraction of sp³-hybridized carbons (Fsp3) is 0.200. The molecule has 0 bridgehead atoms. The number of halogens is 2. The molecule has 2 aromatic rings. The van der Waals surface area contributed by atoms with Gasteiger partial charge in [-0.3, -0.25) is 0 Å². The van der Waals surface area contributed by atoms with Gasteiger partial charge >= 0.3 is 0 Å². The average molecular weight is 286 g/mol. The Balaban J connectivity index is 2.34. The van der Waals surface area contributed by atoms with E-state index in [0.29, 0.717) is 28.3 Å². The van der Waals surface area contributed by atoms with Gasteiger partial charge in [-0.2, -0.15) is 4.98 Å². The second-order valence-corrected chi connectivity index (χ2v) is 4.12. The largest absolute Gasteiger partial charge is 0.334 e. The van der Waals surface area contributed by atoms with Crippen molar-refractivity contribution >= 4 is 15.9 Å². The molecule has 1 heterocycles. The standard InChI is InChI=1S/C10H9BrFN3O/c1-13-5-9-14-10(16-15-9)6-2-7(11)4-8(12)3-6/h2-4,13H,5H2,1H3. The van der Waals surface area contributed by atoms with Gasteiger partial charge in [0.25, 0.3) is 5.89 Å². The summed E-state index contributed by atoms with van der Waals surface area (Å²) in [7, 11) is 1.79. The highest BCUT2D eigenvalue weighted by Gasteiger charge is 2.09. The molecule has 84 valence electrons. The van der Waals surface area contributed by atoms with Gasteiger partial charge < -0.3 is 9.84 Å². The van der Waals surface area contributed by atoms with Gasteiger partial charge in [0, 0.05) is 10.0 Å². The number of nitrogens with zero attached hydrogens (tertiary/aromatic N) is 2. The molecule has 4 nitrogen and oxygen atoms in total. The van der Waals surface area contributed by atoms with Gasteiger partial charge in [0.1, 0.15) is 5.82 Å². The first kappa shape index (κ1) is 11.2. The molecule has 1 N–H and O–H groups in total. The fourth-order valence-electron chi connectivity index (χ4n) is 1.28. The van der Waals surface area contributed by atoms with Crippen LogP contribution in [0.3, 0.4) is 0 Å². The Kier molecular flexibility index (Phi) is 3.31. The van der Waals surface area contributed by atoms with Crippen LogP contribution in [-0.2, 0) is 6.54 Å². The van der Waals surface area contributed by atoms with Gasteiger partial charge in [0.15, 0.2) is 5.82 Å². The van der Waals surface area contributed by atoms with Crippen molar-refractivity contribution in [3.05, 3.63) is 34.3 Å². The molecular formula is C10H9BrFN3O. The molecule has 1 aromatic heterocycles. The molecule has 16 heavy (non-hydrogen) atoms. The number of aromatic nitrogens is 2. The van der Waals surface area contributed by atoms with Gasteiger partial charge in [-0.05, 0) is 25.2 Å². The minimum atomic E-state index is -0.349. The summed E-state index contributed by atoms with van der Waals surface area (Å²) in [6.45, 7) is 0.514. The van der Waals surface area contributed by atoms with Gasteiger partial charge in [-0.1, -0.05) is 21.1 Å². The van der Waals surface area contributed by atoms with Crippen molar-refractivity contribution in [2.24, 2.45) is 0 Å². The molecule has 2 rings (SSSR count). The molecule has 0 amide bonds. The van der Waals surface area contributed by atoms with Crippen LogP contribution in [0.25, 0.3) is 11.5 Å². The molecule has 0 aliphatic rings. The van der Waals surface area contributed by atoms with E-state index in [4.69, 9.17) is 4.52 Å². The predicted molar refractivity (Wildman–Crippen MR) is 60.2 cm³/mol. The monoisotopic (exact) mass is 285 g/mol. The van der Waals surface area contributed by atoms with Crippen LogP contribution in [0.1, 0.15) is 5.82 Å². The number of nitrogens with one attached hydrogen (secondary N) is 1. The van der Waals surface area contributed by atoms with E-state index in [-0.39, 0.29) is 5.82 Å². The molecule has 6 heteroatoms. The van der Waals surface area contributed by atoms with E-state index < -0.39 is 0 Å². The first-order chi connectivity index (χ1) is 7.69. The summed E-state index contributed by atoms with van der Waals surface area (Å²) in [6.07, 6.45) is 0. The van der Waals surface area contributed by atoms with E-state index in [9.17, 15) is 4.39 Å². The molecular weight excluding hydrogens is 277 g/mol. The average Bonchev–Trinajstić information content (AvgIpc) is 2.65. The Morgan fingerprint density at radius 2 is 2.25 bits per heavy atom. The predicted octanol–water partition coefficient (Wildman–Crippen LogP) is 2.36. The smallest absolute Gasteiger partial charge is 0.258 e. The second kappa shape index (κ2) is 4.71. The Labute approximate surface area is 100.0 Å². The molecule has 0 fully saturated rings. The van der Waals surface area contributed by atoms with E-state index in [1.165, 1.54) is 12.1 Å². The molecule has 1 aromatic carbocycles. The molecule has 0 aliphatic carbocycles. The molecule has 0 saturated heterocycles. The topological polar surface area (TPSA) is 51.0 Å². The van der Waals surface area contributed by atoms with E-state index in [1.54, 1.807) is 13.1 Å². The quantitative estimate of drug-likeness (QED) is 0.941. The van der Waals surface area contributed by atoms with E-state index in [1.807, 2.05) is 0 Å². The molecule has 0 atom stereocenters. The van der Waals surface area contributed by atoms with Crippen LogP contribution in [0.5, 0.6) is 0 Å². The van der Waals surface area contributed by atoms with Crippen molar-refractivity contribution in [2.45, 2.75) is 6.54 Å². The Morgan fingerprint density at radius 1 is 1.44 bits per heavy atom. The number of hydrogen-bond donors (Lipinski definition) is 1. The Morgan fingerprint density at radius 3 is 2.94 bits per heavy atom. The van der Waals surface area contributed by atoms with Crippen LogP contribution in [0.2, 0.25) is 0 Å². The second-order valence-electron chi connectivity index (χ2n) is 3.20. The lowest BCUT2D eigenvalue weighted by Crippen LogP contribution is -2.06. The van der Waals surface area contributed by atoms with Gasteiger partial charge in [-0.25, -0.2) is 4.39 Å². The Hall–Kier alpha value is -1.27. The van der Waals surface area contributed by atoms with Crippen LogP contribution < -0.4 is 5.32 Å². The van der Waals surface area contributed by atoms with Crippen LogP contribution in [0.4, 0.5) is 4.39 Å². The molecule has 0 spiro atoms. The van der Waals surface area contributed by atoms with Gasteiger partial charge in [0.05, 0.1) is 6.54 Å². The van der Waals surface area contributed by atoms with Gasteiger partial charge in [-0.15, -0.1) is 0 Å². The van der Waals surface area contributed by atoms with Gasteiger partial charge in [0.2, 0.25) is 0 Å². The summed E-state index contributed by atoms with van der Waals surface area (Å²) >= 11 is 3.21. The highest BCUT2D eigenvalue weighted by atomic mass is 79.9. The van der Waals surface area contributed by atoms with Crippen molar-refractivity contribution in [1.29, 1.82) is 0 Å². The SMILES string of the molecule is CNCc1noc(-c2cc(F)cc(Br)c2)n1. The lowest BCUT2D eigenvalue weighted by molar-refractivity contribution is 0.420. The zero-order valence-electron chi connectivity index (χ0n) is 8.50. The third-order valence-electron chi connectivity index (χ3n) is 1.91. The van der Waals surface area contributed by atoms with E-state index in [2.05, 4.69) is 31.4 Å². The Bertz CT molecular complexity index is 480. The fourth-order valence-corrected chi connectivity index (χ4v) is 1.74. The molecule has 0 aliphatic heterocycles. The third-order valence-corrected chi connectivity index (χ3v) is 2.37. The highest BCUT2D eigenvalue weighted by molar-refractivity contribution is 9.10. The van der Waals surface area contributed by atoms with E-state index >= 15 is 0 Å². The van der Waals surface area contributed by atoms with Crippen LogP contribution in [-0.4, -0.2) is 17.2 Å². The van der Waals surface area contributed by atoms with Crippen molar-refractivity contribution in [3.63, 3.8) is 0 Å². The highest BCUT2D eigenvalue weighted by Crippen LogP contribution is 2.23. The third kappa shape index (κ3) is 2.45. The van der Waals surface area contributed by atoms with Crippen molar-refractivity contribution in [3.8, 4) is 11.5 Å². The van der Waals surface area contributed by atoms with E-state index in [0.717, 1.165) is 0 Å². The van der Waals surface area contributed by atoms with Crippen molar-refractivity contribution in [1.82, 2.24) is 15.5 Å². The zero-order chi connectivity index (χ0) is 11.5. The number of rotatable bonds is 3. The number of hydrogen-bond acceptors (Lipinski definition) is 4. The minimum absolute atomic E-state index is 0.311. The minimum Gasteiger partial charge on any atom is -0.334 e. The lowest BCUT2D eigenvalue weighted by Gasteiger charge is -1.96. The summed E-state index contributed by atoms with van der Waals surface area (Å²) in [6, 6.07) is 4.44. The first-order valence-electron chi connectivity index (χ1n) is 4.62. The van der Waals surface area contributed by atoms with Crippen LogP contribution in [0, 0.1) is 5.82 Å². The first-order valence-corrected chi connectivity index (χ1v) is 5.42. The van der Waals surface area contributed by atoms with Crippen molar-refractivity contribution < 1.29 is 8.91 Å². The summed E-state index contributed by atoms with van der Waals surface area (Å²) in [5, 5.41) is 6.66.